The first kappa shape index (κ1) is 18.0. The highest BCUT2D eigenvalue weighted by atomic mass is 16.5. The average molecular weight is 342 g/mol. The van der Waals surface area contributed by atoms with Crippen molar-refractivity contribution < 1.29 is 9.15 Å². The van der Waals surface area contributed by atoms with Gasteiger partial charge in [-0.15, -0.1) is 10.2 Å². The standard InChI is InChI=1S/C21H30N2O2/c1-16(14-18-8-4-3-5-9-18)12-13-19-10-6-7-11-20(19)24-15-21-23-22-17(2)25-21/h6-7,10-11,16,18H,3-5,8-9,12-15H2,1-2H3. The van der Waals surface area contributed by atoms with Crippen molar-refractivity contribution in [3.8, 4) is 5.75 Å². The van der Waals surface area contributed by atoms with Crippen molar-refractivity contribution in [2.75, 3.05) is 0 Å². The molecule has 1 atom stereocenters. The molecule has 1 fully saturated rings. The molecule has 4 nitrogen and oxygen atoms in total. The van der Waals surface area contributed by atoms with Crippen LogP contribution in [0.15, 0.2) is 28.7 Å². The Balaban J connectivity index is 1.49. The molecule has 0 amide bonds. The first-order chi connectivity index (χ1) is 12.2. The normalized spacial score (nSPS) is 16.7. The van der Waals surface area contributed by atoms with Crippen molar-refractivity contribution >= 4 is 0 Å². The van der Waals surface area contributed by atoms with Crippen LogP contribution in [0.4, 0.5) is 0 Å². The minimum absolute atomic E-state index is 0.329. The lowest BCUT2D eigenvalue weighted by molar-refractivity contribution is 0.256. The third kappa shape index (κ3) is 5.58. The number of rotatable bonds is 8. The van der Waals surface area contributed by atoms with Gasteiger partial charge < -0.3 is 9.15 Å². The van der Waals surface area contributed by atoms with E-state index in [2.05, 4.69) is 29.3 Å². The summed E-state index contributed by atoms with van der Waals surface area (Å²) in [6, 6.07) is 8.31. The van der Waals surface area contributed by atoms with Gasteiger partial charge in [0.25, 0.3) is 5.89 Å². The van der Waals surface area contributed by atoms with Gasteiger partial charge in [0.2, 0.25) is 5.89 Å². The van der Waals surface area contributed by atoms with Crippen molar-refractivity contribution in [2.45, 2.75) is 71.8 Å². The van der Waals surface area contributed by atoms with Crippen LogP contribution in [-0.2, 0) is 13.0 Å². The van der Waals surface area contributed by atoms with Gasteiger partial charge in [-0.1, -0.05) is 57.2 Å². The van der Waals surface area contributed by atoms with Crippen LogP contribution in [-0.4, -0.2) is 10.2 Å². The summed E-state index contributed by atoms with van der Waals surface area (Å²) in [7, 11) is 0. The van der Waals surface area contributed by atoms with Crippen molar-refractivity contribution in [1.29, 1.82) is 0 Å². The molecular formula is C21H30N2O2. The molecule has 1 aliphatic rings. The predicted molar refractivity (Wildman–Crippen MR) is 98.5 cm³/mol. The van der Waals surface area contributed by atoms with E-state index in [4.69, 9.17) is 9.15 Å². The Morgan fingerprint density at radius 2 is 1.96 bits per heavy atom. The topological polar surface area (TPSA) is 48.2 Å². The fourth-order valence-electron chi connectivity index (χ4n) is 3.90. The molecule has 2 aromatic rings. The summed E-state index contributed by atoms with van der Waals surface area (Å²) in [5.74, 6) is 3.76. The highest BCUT2D eigenvalue weighted by Crippen LogP contribution is 2.31. The number of hydrogen-bond donors (Lipinski definition) is 0. The van der Waals surface area contributed by atoms with Gasteiger partial charge in [0.05, 0.1) is 0 Å². The van der Waals surface area contributed by atoms with Crippen LogP contribution in [0.3, 0.4) is 0 Å². The molecule has 0 spiro atoms. The van der Waals surface area contributed by atoms with Gasteiger partial charge in [-0.25, -0.2) is 0 Å². The Hall–Kier alpha value is -1.84. The van der Waals surface area contributed by atoms with Crippen LogP contribution in [0.25, 0.3) is 0 Å². The van der Waals surface area contributed by atoms with Crippen LogP contribution >= 0.6 is 0 Å². The highest BCUT2D eigenvalue weighted by molar-refractivity contribution is 5.33. The first-order valence-electron chi connectivity index (χ1n) is 9.70. The zero-order valence-corrected chi connectivity index (χ0v) is 15.5. The van der Waals surface area contributed by atoms with Crippen LogP contribution in [0.5, 0.6) is 5.75 Å². The molecule has 1 aliphatic carbocycles. The van der Waals surface area contributed by atoms with E-state index in [1.54, 1.807) is 6.92 Å². The van der Waals surface area contributed by atoms with E-state index in [9.17, 15) is 0 Å². The number of benzene rings is 1. The highest BCUT2D eigenvalue weighted by Gasteiger charge is 2.17. The van der Waals surface area contributed by atoms with Crippen LogP contribution in [0.2, 0.25) is 0 Å². The molecule has 1 aromatic carbocycles. The Kier molecular flexibility index (Phi) is 6.48. The second kappa shape index (κ2) is 9.02. The molecule has 0 bridgehead atoms. The van der Waals surface area contributed by atoms with Crippen molar-refractivity contribution in [3.63, 3.8) is 0 Å². The summed E-state index contributed by atoms with van der Waals surface area (Å²) >= 11 is 0. The van der Waals surface area contributed by atoms with E-state index >= 15 is 0 Å². The van der Waals surface area contributed by atoms with Gasteiger partial charge >= 0.3 is 0 Å². The maximum Gasteiger partial charge on any atom is 0.253 e. The second-order valence-corrected chi connectivity index (χ2v) is 7.49. The molecule has 0 aliphatic heterocycles. The summed E-state index contributed by atoms with van der Waals surface area (Å²) in [5.41, 5.74) is 1.27. The fraction of sp³-hybridized carbons (Fsp3) is 0.619. The largest absolute Gasteiger partial charge is 0.484 e. The zero-order valence-electron chi connectivity index (χ0n) is 15.5. The molecule has 4 heteroatoms. The first-order valence-corrected chi connectivity index (χ1v) is 9.70. The minimum Gasteiger partial charge on any atom is -0.484 e. The summed E-state index contributed by atoms with van der Waals surface area (Å²) < 4.78 is 11.3. The molecular weight excluding hydrogens is 312 g/mol. The fourth-order valence-corrected chi connectivity index (χ4v) is 3.90. The lowest BCUT2D eigenvalue weighted by Crippen LogP contribution is -2.11. The molecule has 1 saturated carbocycles. The van der Waals surface area contributed by atoms with Gasteiger partial charge in [0.1, 0.15) is 5.75 Å². The van der Waals surface area contributed by atoms with E-state index in [-0.39, 0.29) is 0 Å². The Morgan fingerprint density at radius 1 is 1.16 bits per heavy atom. The van der Waals surface area contributed by atoms with E-state index in [1.165, 1.54) is 50.5 Å². The Morgan fingerprint density at radius 3 is 2.72 bits per heavy atom. The van der Waals surface area contributed by atoms with Gasteiger partial charge in [0, 0.05) is 6.92 Å². The third-order valence-electron chi connectivity index (χ3n) is 5.26. The molecule has 0 saturated heterocycles. The summed E-state index contributed by atoms with van der Waals surface area (Å²) in [6.45, 7) is 4.52. The Labute approximate surface area is 151 Å². The van der Waals surface area contributed by atoms with E-state index in [1.807, 2.05) is 12.1 Å². The second-order valence-electron chi connectivity index (χ2n) is 7.49. The number of para-hydroxylation sites is 1. The van der Waals surface area contributed by atoms with Crippen LogP contribution < -0.4 is 4.74 Å². The summed E-state index contributed by atoms with van der Waals surface area (Å²) in [5, 5.41) is 7.83. The van der Waals surface area contributed by atoms with Gasteiger partial charge in [-0.3, -0.25) is 0 Å². The lowest BCUT2D eigenvalue weighted by Gasteiger charge is -2.24. The van der Waals surface area contributed by atoms with Crippen molar-refractivity contribution in [3.05, 3.63) is 41.6 Å². The number of hydrogen-bond acceptors (Lipinski definition) is 4. The average Bonchev–Trinajstić information content (AvgIpc) is 3.05. The molecule has 3 rings (SSSR count). The molecule has 1 aromatic heterocycles. The minimum atomic E-state index is 0.329. The smallest absolute Gasteiger partial charge is 0.253 e. The van der Waals surface area contributed by atoms with Crippen molar-refractivity contribution in [2.24, 2.45) is 11.8 Å². The third-order valence-corrected chi connectivity index (χ3v) is 5.26. The number of nitrogens with zero attached hydrogens (tertiary/aromatic N) is 2. The van der Waals surface area contributed by atoms with Gasteiger partial charge in [0.15, 0.2) is 6.61 Å². The van der Waals surface area contributed by atoms with E-state index < -0.39 is 0 Å². The monoisotopic (exact) mass is 342 g/mol. The Bertz CT molecular complexity index is 647. The maximum atomic E-state index is 5.92. The van der Waals surface area contributed by atoms with E-state index in [0.29, 0.717) is 18.4 Å². The summed E-state index contributed by atoms with van der Waals surface area (Å²) in [6.07, 6.45) is 10.8. The quantitative estimate of drug-likeness (QED) is 0.636. The number of ether oxygens (including phenoxy) is 1. The lowest BCUT2D eigenvalue weighted by atomic mass is 9.82. The summed E-state index contributed by atoms with van der Waals surface area (Å²) in [4.78, 5) is 0. The van der Waals surface area contributed by atoms with E-state index in [0.717, 1.165) is 24.0 Å². The molecule has 1 unspecified atom stereocenters. The molecule has 25 heavy (non-hydrogen) atoms. The molecule has 1 heterocycles. The van der Waals surface area contributed by atoms with Crippen LogP contribution in [0, 0.1) is 18.8 Å². The SMILES string of the molecule is Cc1nnc(COc2ccccc2CCC(C)CC2CCCCC2)o1. The number of aromatic nitrogens is 2. The zero-order chi connectivity index (χ0) is 17.5. The van der Waals surface area contributed by atoms with Gasteiger partial charge in [-0.2, -0.15) is 0 Å². The van der Waals surface area contributed by atoms with Crippen LogP contribution in [0.1, 0.15) is 69.2 Å². The number of aryl methyl sites for hydroxylation is 2. The predicted octanol–water partition coefficient (Wildman–Crippen LogP) is 5.50. The van der Waals surface area contributed by atoms with Gasteiger partial charge in [-0.05, 0) is 42.7 Å². The molecule has 0 N–H and O–H groups in total. The maximum absolute atomic E-state index is 5.92. The van der Waals surface area contributed by atoms with Crippen molar-refractivity contribution in [1.82, 2.24) is 10.2 Å². The molecule has 0 radical (unpaired) electrons. The molecule has 136 valence electrons.